The molecule has 0 saturated heterocycles. The Labute approximate surface area is 126 Å². The molecule has 2 aromatic carbocycles. The van der Waals surface area contributed by atoms with Gasteiger partial charge < -0.3 is 5.11 Å². The highest BCUT2D eigenvalue weighted by atomic mass is 19.1. The highest BCUT2D eigenvalue weighted by Gasteiger charge is 2.21. The molecule has 0 aromatic heterocycles. The van der Waals surface area contributed by atoms with E-state index in [1.807, 2.05) is 0 Å². The summed E-state index contributed by atoms with van der Waals surface area (Å²) in [5, 5.41) is 8.82. The highest BCUT2D eigenvalue weighted by Crippen LogP contribution is 2.26. The minimum atomic E-state index is -1.11. The number of ketones is 1. The van der Waals surface area contributed by atoms with Gasteiger partial charge in [-0.15, -0.1) is 0 Å². The van der Waals surface area contributed by atoms with Crippen molar-refractivity contribution in [1.29, 1.82) is 0 Å². The van der Waals surface area contributed by atoms with Gasteiger partial charge in [0.1, 0.15) is 11.6 Å². The largest absolute Gasteiger partial charge is 0.481 e. The lowest BCUT2D eigenvalue weighted by atomic mass is 9.96. The number of carboxylic acid groups (broad SMARTS) is 1. The first kappa shape index (κ1) is 15.8. The van der Waals surface area contributed by atoms with E-state index in [0.29, 0.717) is 5.56 Å². The van der Waals surface area contributed by atoms with Crippen molar-refractivity contribution >= 4 is 11.8 Å². The van der Waals surface area contributed by atoms with Crippen LogP contribution in [0.5, 0.6) is 0 Å². The first-order valence-electron chi connectivity index (χ1n) is 6.70. The van der Waals surface area contributed by atoms with Gasteiger partial charge in [0.25, 0.3) is 0 Å². The number of benzene rings is 2. The molecule has 0 fully saturated rings. The van der Waals surface area contributed by atoms with Crippen LogP contribution in [0.3, 0.4) is 0 Å². The van der Waals surface area contributed by atoms with E-state index in [1.165, 1.54) is 49.4 Å². The van der Waals surface area contributed by atoms with Crippen molar-refractivity contribution in [3.05, 3.63) is 59.7 Å². The summed E-state index contributed by atoms with van der Waals surface area (Å²) in [6.45, 7) is 1.39. The van der Waals surface area contributed by atoms with Gasteiger partial charge in [-0.05, 0) is 23.8 Å². The second-order valence-electron chi connectivity index (χ2n) is 5.04. The molecule has 1 unspecified atom stereocenters. The second-order valence-corrected chi connectivity index (χ2v) is 5.04. The molecule has 5 heteroatoms. The Morgan fingerprint density at radius 1 is 1.09 bits per heavy atom. The van der Waals surface area contributed by atoms with Crippen molar-refractivity contribution < 1.29 is 23.5 Å². The SMILES string of the molecule is CC(CC(=O)c1cccc(-c2ccc(F)cc2)c1F)C(=O)O. The quantitative estimate of drug-likeness (QED) is 0.852. The molecule has 0 radical (unpaired) electrons. The fourth-order valence-electron chi connectivity index (χ4n) is 2.08. The lowest BCUT2D eigenvalue weighted by Crippen LogP contribution is -2.15. The third-order valence-corrected chi connectivity index (χ3v) is 3.37. The van der Waals surface area contributed by atoms with Crippen LogP contribution in [0.1, 0.15) is 23.7 Å². The average Bonchev–Trinajstić information content (AvgIpc) is 2.48. The Morgan fingerprint density at radius 3 is 2.32 bits per heavy atom. The fraction of sp³-hybridized carbons (Fsp3) is 0.176. The zero-order valence-electron chi connectivity index (χ0n) is 11.8. The normalized spacial score (nSPS) is 12.0. The number of hydrogen-bond donors (Lipinski definition) is 1. The van der Waals surface area contributed by atoms with Crippen molar-refractivity contribution in [3.8, 4) is 11.1 Å². The van der Waals surface area contributed by atoms with Gasteiger partial charge >= 0.3 is 5.97 Å². The lowest BCUT2D eigenvalue weighted by Gasteiger charge is -2.09. The maximum Gasteiger partial charge on any atom is 0.306 e. The van der Waals surface area contributed by atoms with Gasteiger partial charge in [-0.3, -0.25) is 9.59 Å². The molecule has 2 aromatic rings. The summed E-state index contributed by atoms with van der Waals surface area (Å²) in [4.78, 5) is 22.8. The van der Waals surface area contributed by atoms with E-state index in [0.717, 1.165) is 0 Å². The standard InChI is InChI=1S/C17H14F2O3/c1-10(17(21)22)9-15(20)14-4-2-3-13(16(14)19)11-5-7-12(18)8-6-11/h2-8,10H,9H2,1H3,(H,21,22). The topological polar surface area (TPSA) is 54.4 Å². The number of halogens is 2. The minimum Gasteiger partial charge on any atom is -0.481 e. The Hall–Kier alpha value is -2.56. The number of carbonyl (C=O) groups is 2. The Balaban J connectivity index is 2.35. The molecule has 0 heterocycles. The lowest BCUT2D eigenvalue weighted by molar-refractivity contribution is -0.141. The van der Waals surface area contributed by atoms with E-state index in [-0.39, 0.29) is 17.5 Å². The summed E-state index contributed by atoms with van der Waals surface area (Å²) < 4.78 is 27.4. The number of Topliss-reactive ketones (excluding diaryl/α,β-unsaturated/α-hetero) is 1. The molecule has 22 heavy (non-hydrogen) atoms. The van der Waals surface area contributed by atoms with E-state index in [4.69, 9.17) is 5.11 Å². The van der Waals surface area contributed by atoms with Crippen LogP contribution in [-0.2, 0) is 4.79 Å². The summed E-state index contributed by atoms with van der Waals surface area (Å²) in [6, 6.07) is 9.56. The van der Waals surface area contributed by atoms with Crippen LogP contribution in [0.2, 0.25) is 0 Å². The zero-order valence-corrected chi connectivity index (χ0v) is 11.8. The number of aliphatic carboxylic acids is 1. The van der Waals surface area contributed by atoms with Gasteiger partial charge in [0.15, 0.2) is 5.78 Å². The monoisotopic (exact) mass is 304 g/mol. The number of hydrogen-bond acceptors (Lipinski definition) is 2. The molecule has 0 spiro atoms. The van der Waals surface area contributed by atoms with E-state index >= 15 is 0 Å². The number of carboxylic acids is 1. The summed E-state index contributed by atoms with van der Waals surface area (Å²) in [7, 11) is 0. The smallest absolute Gasteiger partial charge is 0.306 e. The van der Waals surface area contributed by atoms with Crippen LogP contribution in [0, 0.1) is 17.6 Å². The minimum absolute atomic E-state index is 0.157. The van der Waals surface area contributed by atoms with Crippen molar-refractivity contribution in [2.24, 2.45) is 5.92 Å². The van der Waals surface area contributed by atoms with Crippen molar-refractivity contribution in [1.82, 2.24) is 0 Å². The first-order chi connectivity index (χ1) is 10.4. The number of carbonyl (C=O) groups excluding carboxylic acids is 1. The second kappa shape index (κ2) is 6.47. The molecule has 0 aliphatic rings. The molecular weight excluding hydrogens is 290 g/mol. The molecule has 2 rings (SSSR count). The molecule has 0 amide bonds. The van der Waals surface area contributed by atoms with Crippen LogP contribution in [0.4, 0.5) is 8.78 Å². The first-order valence-corrected chi connectivity index (χ1v) is 6.70. The third-order valence-electron chi connectivity index (χ3n) is 3.37. The Kier molecular flexibility index (Phi) is 4.65. The van der Waals surface area contributed by atoms with Gasteiger partial charge in [-0.1, -0.05) is 31.2 Å². The van der Waals surface area contributed by atoms with Crippen molar-refractivity contribution in [2.75, 3.05) is 0 Å². The van der Waals surface area contributed by atoms with Gasteiger partial charge in [-0.25, -0.2) is 8.78 Å². The highest BCUT2D eigenvalue weighted by molar-refractivity contribution is 5.99. The molecule has 0 aliphatic heterocycles. The van der Waals surface area contributed by atoms with Crippen LogP contribution >= 0.6 is 0 Å². The molecule has 114 valence electrons. The summed E-state index contributed by atoms with van der Waals surface area (Å²) >= 11 is 0. The van der Waals surface area contributed by atoms with Crippen LogP contribution in [0.15, 0.2) is 42.5 Å². The Morgan fingerprint density at radius 2 is 1.73 bits per heavy atom. The molecular formula is C17H14F2O3. The van der Waals surface area contributed by atoms with E-state index in [1.54, 1.807) is 0 Å². The van der Waals surface area contributed by atoms with Gasteiger partial charge in [0.05, 0.1) is 11.5 Å². The van der Waals surface area contributed by atoms with Gasteiger partial charge in [0.2, 0.25) is 0 Å². The maximum atomic E-state index is 14.5. The molecule has 0 saturated carbocycles. The maximum absolute atomic E-state index is 14.5. The fourth-order valence-corrected chi connectivity index (χ4v) is 2.08. The average molecular weight is 304 g/mol. The van der Waals surface area contributed by atoms with Crippen LogP contribution in [-0.4, -0.2) is 16.9 Å². The van der Waals surface area contributed by atoms with Crippen LogP contribution < -0.4 is 0 Å². The summed E-state index contributed by atoms with van der Waals surface area (Å²) in [5.74, 6) is -3.73. The third kappa shape index (κ3) is 3.36. The molecule has 3 nitrogen and oxygen atoms in total. The Bertz CT molecular complexity index is 708. The molecule has 1 N–H and O–H groups in total. The number of rotatable bonds is 5. The summed E-state index contributed by atoms with van der Waals surface area (Å²) in [6.07, 6.45) is -0.279. The van der Waals surface area contributed by atoms with E-state index < -0.39 is 29.3 Å². The predicted molar refractivity (Wildman–Crippen MR) is 77.5 cm³/mol. The van der Waals surface area contributed by atoms with Crippen molar-refractivity contribution in [2.45, 2.75) is 13.3 Å². The van der Waals surface area contributed by atoms with Gasteiger partial charge in [0, 0.05) is 12.0 Å². The predicted octanol–water partition coefficient (Wildman–Crippen LogP) is 3.93. The zero-order chi connectivity index (χ0) is 16.3. The van der Waals surface area contributed by atoms with E-state index in [9.17, 15) is 18.4 Å². The molecule has 0 bridgehead atoms. The van der Waals surface area contributed by atoms with Gasteiger partial charge in [-0.2, -0.15) is 0 Å². The van der Waals surface area contributed by atoms with Crippen LogP contribution in [0.25, 0.3) is 11.1 Å². The summed E-state index contributed by atoms with van der Waals surface area (Å²) in [5.41, 5.74) is 0.462. The molecule has 0 aliphatic carbocycles. The molecule has 1 atom stereocenters. The van der Waals surface area contributed by atoms with Crippen molar-refractivity contribution in [3.63, 3.8) is 0 Å². The van der Waals surface area contributed by atoms with E-state index in [2.05, 4.69) is 0 Å².